The summed E-state index contributed by atoms with van der Waals surface area (Å²) >= 11 is 0. The van der Waals surface area contributed by atoms with Gasteiger partial charge in [0.2, 0.25) is 5.91 Å². The molecule has 2 aromatic rings. The molecule has 5 nitrogen and oxygen atoms in total. The van der Waals surface area contributed by atoms with E-state index in [4.69, 9.17) is 20.3 Å². The van der Waals surface area contributed by atoms with Crippen molar-refractivity contribution < 1.29 is 23.8 Å². The molecule has 0 atom stereocenters. The molecule has 2 aromatic carbocycles. The van der Waals surface area contributed by atoms with Gasteiger partial charge in [-0.2, -0.15) is 0 Å². The second kappa shape index (κ2) is 6.23. The molecule has 0 bridgehead atoms. The first-order valence-corrected chi connectivity index (χ1v) is 6.10. The Balaban J connectivity index is 2.32. The maximum absolute atomic E-state index is 13.9. The molecule has 0 unspecified atom stereocenters. The Labute approximate surface area is 120 Å². The highest BCUT2D eigenvalue weighted by molar-refractivity contribution is 5.92. The molecule has 0 aliphatic rings. The Morgan fingerprint density at radius 1 is 1.19 bits per heavy atom. The average Bonchev–Trinajstić information content (AvgIpc) is 2.49. The highest BCUT2D eigenvalue weighted by Gasteiger charge is 2.12. The number of aliphatic hydroxyl groups is 1. The van der Waals surface area contributed by atoms with E-state index in [0.29, 0.717) is 17.1 Å². The number of rotatable bonds is 5. The number of aliphatic hydroxyl groups excluding tert-OH is 1. The van der Waals surface area contributed by atoms with Crippen LogP contribution in [0.4, 0.5) is 4.39 Å². The minimum atomic E-state index is -0.717. The van der Waals surface area contributed by atoms with Crippen LogP contribution in [0.2, 0.25) is 0 Å². The number of carbonyl (C=O) groups excluding carboxylic acids is 1. The molecule has 0 aliphatic carbocycles. The number of nitrogens with two attached hydrogens (primary N) is 1. The molecular weight excluding hydrogens is 277 g/mol. The Kier molecular flexibility index (Phi) is 4.39. The third kappa shape index (κ3) is 3.29. The highest BCUT2D eigenvalue weighted by atomic mass is 19.1. The molecule has 3 N–H and O–H groups in total. The van der Waals surface area contributed by atoms with Gasteiger partial charge < -0.3 is 20.3 Å². The fourth-order valence-electron chi connectivity index (χ4n) is 1.75. The van der Waals surface area contributed by atoms with Gasteiger partial charge in [0.1, 0.15) is 0 Å². The molecule has 0 saturated carbocycles. The lowest BCUT2D eigenvalue weighted by Crippen LogP contribution is -2.11. The van der Waals surface area contributed by atoms with E-state index < -0.39 is 11.7 Å². The van der Waals surface area contributed by atoms with Gasteiger partial charge in [-0.25, -0.2) is 4.39 Å². The molecule has 6 heteroatoms. The van der Waals surface area contributed by atoms with Gasteiger partial charge in [-0.1, -0.05) is 6.07 Å². The molecule has 0 aromatic heterocycles. The Morgan fingerprint density at radius 3 is 2.48 bits per heavy atom. The number of halogens is 1. The van der Waals surface area contributed by atoms with Crippen molar-refractivity contribution in [2.24, 2.45) is 5.73 Å². The molecule has 1 amide bonds. The molecule has 0 spiro atoms. The van der Waals surface area contributed by atoms with Crippen LogP contribution in [-0.2, 0) is 6.61 Å². The van der Waals surface area contributed by atoms with Crippen molar-refractivity contribution in [3.05, 3.63) is 53.3 Å². The third-order valence-corrected chi connectivity index (χ3v) is 2.85. The lowest BCUT2D eigenvalue weighted by Gasteiger charge is -2.12. The van der Waals surface area contributed by atoms with Gasteiger partial charge in [-0.05, 0) is 35.9 Å². The second-order valence-corrected chi connectivity index (χ2v) is 4.25. The second-order valence-electron chi connectivity index (χ2n) is 4.25. The third-order valence-electron chi connectivity index (χ3n) is 2.85. The number of carbonyl (C=O) groups is 1. The number of hydrogen-bond donors (Lipinski definition) is 2. The van der Waals surface area contributed by atoms with E-state index in [1.807, 2.05) is 0 Å². The van der Waals surface area contributed by atoms with E-state index in [1.54, 1.807) is 18.2 Å². The van der Waals surface area contributed by atoms with Crippen molar-refractivity contribution in [2.45, 2.75) is 6.61 Å². The predicted molar refractivity (Wildman–Crippen MR) is 73.9 cm³/mol. The largest absolute Gasteiger partial charge is 0.493 e. The maximum Gasteiger partial charge on any atom is 0.248 e. The zero-order chi connectivity index (χ0) is 15.4. The quantitative estimate of drug-likeness (QED) is 0.885. The number of hydrogen-bond acceptors (Lipinski definition) is 4. The number of methoxy groups -OCH3 is 1. The Morgan fingerprint density at radius 2 is 1.90 bits per heavy atom. The van der Waals surface area contributed by atoms with Crippen LogP contribution < -0.4 is 15.2 Å². The normalized spacial score (nSPS) is 10.2. The molecular formula is C15H14FNO4. The van der Waals surface area contributed by atoms with Crippen LogP contribution in [0.3, 0.4) is 0 Å². The number of ether oxygens (including phenoxy) is 2. The van der Waals surface area contributed by atoms with Crippen LogP contribution in [0.5, 0.6) is 17.2 Å². The molecule has 21 heavy (non-hydrogen) atoms. The zero-order valence-electron chi connectivity index (χ0n) is 11.3. The van der Waals surface area contributed by atoms with Gasteiger partial charge in [-0.3, -0.25) is 4.79 Å². The molecule has 0 aliphatic heterocycles. The van der Waals surface area contributed by atoms with Gasteiger partial charge >= 0.3 is 0 Å². The van der Waals surface area contributed by atoms with E-state index in [1.165, 1.54) is 19.2 Å². The summed E-state index contributed by atoms with van der Waals surface area (Å²) < 4.78 is 24.4. The first-order chi connectivity index (χ1) is 10.0. The topological polar surface area (TPSA) is 81.8 Å². The van der Waals surface area contributed by atoms with Crippen LogP contribution in [0.1, 0.15) is 15.9 Å². The maximum atomic E-state index is 13.9. The molecule has 0 heterocycles. The average molecular weight is 291 g/mol. The highest BCUT2D eigenvalue weighted by Crippen LogP contribution is 2.33. The summed E-state index contributed by atoms with van der Waals surface area (Å²) in [5.74, 6) is -0.833. The molecule has 110 valence electrons. The smallest absolute Gasteiger partial charge is 0.248 e. The van der Waals surface area contributed by atoms with Crippen molar-refractivity contribution in [1.82, 2.24) is 0 Å². The lowest BCUT2D eigenvalue weighted by atomic mass is 10.2. The summed E-state index contributed by atoms with van der Waals surface area (Å²) in [5.41, 5.74) is 5.77. The van der Waals surface area contributed by atoms with Crippen molar-refractivity contribution in [3.8, 4) is 17.2 Å². The van der Waals surface area contributed by atoms with E-state index in [9.17, 15) is 9.18 Å². The van der Waals surface area contributed by atoms with E-state index in [2.05, 4.69) is 0 Å². The van der Waals surface area contributed by atoms with Crippen LogP contribution >= 0.6 is 0 Å². The molecule has 0 saturated heterocycles. The summed E-state index contributed by atoms with van der Waals surface area (Å²) in [6.07, 6.45) is 0. The summed E-state index contributed by atoms with van der Waals surface area (Å²) in [6, 6.07) is 8.47. The summed E-state index contributed by atoms with van der Waals surface area (Å²) in [6.45, 7) is -0.141. The molecule has 2 rings (SSSR count). The summed E-state index contributed by atoms with van der Waals surface area (Å²) in [4.78, 5) is 11.0. The SMILES string of the molecule is COc1cc(CO)ccc1Oc1ccc(C(N)=O)cc1F. The number of primary amides is 1. The fraction of sp³-hybridized carbons (Fsp3) is 0.133. The van der Waals surface area contributed by atoms with Crippen LogP contribution in [0, 0.1) is 5.82 Å². The van der Waals surface area contributed by atoms with Gasteiger partial charge in [0, 0.05) is 5.56 Å². The van der Waals surface area contributed by atoms with Crippen LogP contribution in [-0.4, -0.2) is 18.1 Å². The van der Waals surface area contributed by atoms with Gasteiger partial charge in [-0.15, -0.1) is 0 Å². The molecule has 0 fully saturated rings. The zero-order valence-corrected chi connectivity index (χ0v) is 11.3. The Bertz CT molecular complexity index is 673. The first-order valence-electron chi connectivity index (χ1n) is 6.10. The minimum Gasteiger partial charge on any atom is -0.493 e. The van der Waals surface area contributed by atoms with E-state index in [0.717, 1.165) is 6.07 Å². The number of amides is 1. The standard InChI is InChI=1S/C15H14FNO4/c1-20-14-6-9(8-18)2-4-13(14)21-12-5-3-10(15(17)19)7-11(12)16/h2-7,18H,8H2,1H3,(H2,17,19). The molecule has 0 radical (unpaired) electrons. The van der Waals surface area contributed by atoms with Crippen molar-refractivity contribution in [1.29, 1.82) is 0 Å². The van der Waals surface area contributed by atoms with Crippen LogP contribution in [0.25, 0.3) is 0 Å². The monoisotopic (exact) mass is 291 g/mol. The van der Waals surface area contributed by atoms with E-state index >= 15 is 0 Å². The summed E-state index contributed by atoms with van der Waals surface area (Å²) in [7, 11) is 1.44. The van der Waals surface area contributed by atoms with Crippen molar-refractivity contribution in [2.75, 3.05) is 7.11 Å². The first kappa shape index (κ1) is 14.8. The van der Waals surface area contributed by atoms with E-state index in [-0.39, 0.29) is 17.9 Å². The van der Waals surface area contributed by atoms with Crippen molar-refractivity contribution >= 4 is 5.91 Å². The van der Waals surface area contributed by atoms with Crippen LogP contribution in [0.15, 0.2) is 36.4 Å². The minimum absolute atomic E-state index is 0.0578. The Hall–Kier alpha value is -2.60. The van der Waals surface area contributed by atoms with Gasteiger partial charge in [0.25, 0.3) is 0 Å². The van der Waals surface area contributed by atoms with Gasteiger partial charge in [0.15, 0.2) is 23.1 Å². The van der Waals surface area contributed by atoms with Gasteiger partial charge in [0.05, 0.1) is 13.7 Å². The lowest BCUT2D eigenvalue weighted by molar-refractivity contribution is 0.1000. The fourth-order valence-corrected chi connectivity index (χ4v) is 1.75. The summed E-state index contributed by atoms with van der Waals surface area (Å²) in [5, 5.41) is 9.06. The van der Waals surface area contributed by atoms with Crippen molar-refractivity contribution in [3.63, 3.8) is 0 Å². The predicted octanol–water partition coefficient (Wildman–Crippen LogP) is 2.22. The number of benzene rings is 2.